The van der Waals surface area contributed by atoms with Gasteiger partial charge in [0, 0.05) is 33.4 Å². The minimum absolute atomic E-state index is 0.507. The standard InChI is InChI=1S/C51H32N7/c1-2-16-38(17-3-1)57-44-20-10-8-18-39(44)41-30-42-40-19-9-11-21-45(40)58(47(42)31-46(41)57)51-52-27-26-43(53-51)50-55-48(36-24-22-32-12-4-6-14-34(32)28-36)54-49(56-50)37-25-23-33-13-5-7-15-35(33)29-37/h1-31,48H/q-1. The molecule has 0 aliphatic carbocycles. The Morgan fingerprint density at radius 1 is 0.466 bits per heavy atom. The number of rotatable bonds is 5. The molecule has 0 fully saturated rings. The van der Waals surface area contributed by atoms with E-state index in [0.717, 1.165) is 65.8 Å². The Bertz CT molecular complexity index is 3500. The zero-order valence-corrected chi connectivity index (χ0v) is 31.1. The zero-order chi connectivity index (χ0) is 38.2. The molecule has 3 aromatic heterocycles. The van der Waals surface area contributed by atoms with E-state index in [9.17, 15) is 0 Å². The largest absolute Gasteiger partial charge is 0.437 e. The van der Waals surface area contributed by atoms with Crippen LogP contribution in [0.1, 0.15) is 23.0 Å². The van der Waals surface area contributed by atoms with E-state index in [0.29, 0.717) is 23.3 Å². The molecule has 0 N–H and O–H groups in total. The highest BCUT2D eigenvalue weighted by Gasteiger charge is 2.21. The van der Waals surface area contributed by atoms with Crippen LogP contribution in [-0.2, 0) is 0 Å². The van der Waals surface area contributed by atoms with Gasteiger partial charge in [-0.3, -0.25) is 9.56 Å². The van der Waals surface area contributed by atoms with Crippen LogP contribution in [0.2, 0.25) is 0 Å². The second-order valence-corrected chi connectivity index (χ2v) is 14.7. The molecule has 12 rings (SSSR count). The fourth-order valence-corrected chi connectivity index (χ4v) is 8.61. The number of nitrogens with zero attached hydrogens (tertiary/aromatic N) is 7. The van der Waals surface area contributed by atoms with Gasteiger partial charge in [-0.2, -0.15) is 0 Å². The topological polar surface area (TPSA) is 74.5 Å². The van der Waals surface area contributed by atoms with Gasteiger partial charge >= 0.3 is 0 Å². The monoisotopic (exact) mass is 742 g/mol. The van der Waals surface area contributed by atoms with Crippen molar-refractivity contribution < 1.29 is 0 Å². The number of aromatic nitrogens is 4. The Hall–Kier alpha value is -7.90. The van der Waals surface area contributed by atoms with Crippen LogP contribution < -0.4 is 0 Å². The van der Waals surface area contributed by atoms with Gasteiger partial charge in [0.15, 0.2) is 0 Å². The van der Waals surface area contributed by atoms with E-state index in [1.807, 2.05) is 12.3 Å². The van der Waals surface area contributed by atoms with Gasteiger partial charge in [0.2, 0.25) is 5.95 Å². The van der Waals surface area contributed by atoms with Gasteiger partial charge in [-0.25, -0.2) is 9.97 Å². The van der Waals surface area contributed by atoms with E-state index in [1.54, 1.807) is 0 Å². The molecular formula is C51H32N7-. The fourth-order valence-electron chi connectivity index (χ4n) is 8.61. The van der Waals surface area contributed by atoms with Crippen LogP contribution in [-0.4, -0.2) is 30.8 Å². The summed E-state index contributed by atoms with van der Waals surface area (Å²) in [6.07, 6.45) is 1.29. The summed E-state index contributed by atoms with van der Waals surface area (Å²) < 4.78 is 4.52. The number of para-hydroxylation sites is 3. The number of amidine groups is 2. The van der Waals surface area contributed by atoms with Crippen LogP contribution >= 0.6 is 0 Å². The summed E-state index contributed by atoms with van der Waals surface area (Å²) >= 11 is 0. The third kappa shape index (κ3) is 5.14. The zero-order valence-electron chi connectivity index (χ0n) is 31.1. The average Bonchev–Trinajstić information content (AvgIpc) is 3.80. The summed E-state index contributed by atoms with van der Waals surface area (Å²) in [5, 5.41) is 14.4. The van der Waals surface area contributed by atoms with E-state index in [1.165, 1.54) is 16.2 Å². The highest BCUT2D eigenvalue weighted by Crippen LogP contribution is 2.39. The van der Waals surface area contributed by atoms with Crippen molar-refractivity contribution in [2.75, 3.05) is 0 Å². The maximum atomic E-state index is 5.26. The highest BCUT2D eigenvalue weighted by molar-refractivity contribution is 6.20. The number of fused-ring (bicyclic) bond motifs is 8. The summed E-state index contributed by atoms with van der Waals surface area (Å²) in [4.78, 5) is 20.5. The molecule has 1 unspecified atom stereocenters. The quantitative estimate of drug-likeness (QED) is 0.176. The molecule has 0 radical (unpaired) electrons. The number of hydrogen-bond donors (Lipinski definition) is 0. The molecule has 1 aliphatic rings. The molecule has 7 heteroatoms. The molecule has 8 aromatic carbocycles. The van der Waals surface area contributed by atoms with Crippen LogP contribution in [0.5, 0.6) is 0 Å². The lowest BCUT2D eigenvalue weighted by Crippen LogP contribution is -2.17. The lowest BCUT2D eigenvalue weighted by atomic mass is 10.0. The molecule has 0 saturated carbocycles. The molecule has 0 amide bonds. The molecule has 4 heterocycles. The Morgan fingerprint density at radius 3 is 1.84 bits per heavy atom. The minimum Gasteiger partial charge on any atom is -0.437 e. The Kier molecular flexibility index (Phi) is 7.16. The summed E-state index contributed by atoms with van der Waals surface area (Å²) in [6.45, 7) is 0. The van der Waals surface area contributed by atoms with Gasteiger partial charge < -0.3 is 14.9 Å². The van der Waals surface area contributed by atoms with Crippen LogP contribution in [0, 0.1) is 0 Å². The fraction of sp³-hybridized carbons (Fsp3) is 0.0196. The van der Waals surface area contributed by atoms with Gasteiger partial charge in [0.05, 0.1) is 39.8 Å². The summed E-state index contributed by atoms with van der Waals surface area (Å²) in [6, 6.07) is 63.7. The molecule has 272 valence electrons. The van der Waals surface area contributed by atoms with Crippen LogP contribution in [0.4, 0.5) is 0 Å². The maximum absolute atomic E-state index is 5.26. The van der Waals surface area contributed by atoms with Crippen molar-refractivity contribution in [2.24, 2.45) is 9.98 Å². The Morgan fingerprint density at radius 2 is 1.09 bits per heavy atom. The van der Waals surface area contributed by atoms with Crippen LogP contribution in [0.3, 0.4) is 0 Å². The second-order valence-electron chi connectivity index (χ2n) is 14.7. The predicted octanol–water partition coefficient (Wildman–Crippen LogP) is 12.3. The molecule has 0 spiro atoms. The van der Waals surface area contributed by atoms with Crippen molar-refractivity contribution in [1.29, 1.82) is 0 Å². The van der Waals surface area contributed by atoms with Gasteiger partial charge in [0.25, 0.3) is 0 Å². The summed E-state index contributed by atoms with van der Waals surface area (Å²) in [5.74, 6) is 1.66. The first kappa shape index (κ1) is 32.4. The molecule has 0 saturated heterocycles. The van der Waals surface area contributed by atoms with Crippen molar-refractivity contribution >= 4 is 76.8 Å². The second kappa shape index (κ2) is 12.8. The third-order valence-electron chi connectivity index (χ3n) is 11.3. The lowest BCUT2D eigenvalue weighted by Gasteiger charge is -2.32. The molecule has 7 nitrogen and oxygen atoms in total. The van der Waals surface area contributed by atoms with E-state index >= 15 is 0 Å². The third-order valence-corrected chi connectivity index (χ3v) is 11.3. The van der Waals surface area contributed by atoms with Crippen molar-refractivity contribution in [1.82, 2.24) is 19.1 Å². The minimum atomic E-state index is -0.515. The first-order chi connectivity index (χ1) is 28.7. The van der Waals surface area contributed by atoms with Crippen molar-refractivity contribution in [3.8, 4) is 11.6 Å². The summed E-state index contributed by atoms with van der Waals surface area (Å²) in [7, 11) is 0. The maximum Gasteiger partial charge on any atom is 0.235 e. The molecule has 58 heavy (non-hydrogen) atoms. The van der Waals surface area contributed by atoms with E-state index < -0.39 is 6.17 Å². The first-order valence-corrected chi connectivity index (χ1v) is 19.4. The van der Waals surface area contributed by atoms with E-state index in [4.69, 9.17) is 25.3 Å². The van der Waals surface area contributed by atoms with Gasteiger partial charge in [0.1, 0.15) is 0 Å². The smallest absolute Gasteiger partial charge is 0.235 e. The highest BCUT2D eigenvalue weighted by atomic mass is 15.2. The van der Waals surface area contributed by atoms with Crippen molar-refractivity contribution in [3.63, 3.8) is 0 Å². The lowest BCUT2D eigenvalue weighted by molar-refractivity contribution is 0.876. The van der Waals surface area contributed by atoms with Gasteiger partial charge in [-0.1, -0.05) is 127 Å². The normalized spacial score (nSPS) is 14.4. The van der Waals surface area contributed by atoms with Crippen LogP contribution in [0.15, 0.2) is 198 Å². The molecule has 0 bridgehead atoms. The van der Waals surface area contributed by atoms with Gasteiger partial charge in [-0.05, 0) is 93.1 Å². The van der Waals surface area contributed by atoms with E-state index in [2.05, 4.69) is 185 Å². The molecule has 11 aromatic rings. The number of hydrogen-bond acceptors (Lipinski definition) is 4. The van der Waals surface area contributed by atoms with E-state index in [-0.39, 0.29) is 0 Å². The average molecular weight is 743 g/mol. The predicted molar refractivity (Wildman–Crippen MR) is 238 cm³/mol. The van der Waals surface area contributed by atoms with Crippen molar-refractivity contribution in [3.05, 3.63) is 210 Å². The molecule has 1 aliphatic heterocycles. The molecular weight excluding hydrogens is 711 g/mol. The molecule has 1 atom stereocenters. The van der Waals surface area contributed by atoms with Crippen LogP contribution in [0.25, 0.3) is 82.1 Å². The Balaban J connectivity index is 1.04. The summed E-state index contributed by atoms with van der Waals surface area (Å²) in [5.41, 5.74) is 7.94. The van der Waals surface area contributed by atoms with Gasteiger partial charge in [-0.15, -0.1) is 0 Å². The first-order valence-electron chi connectivity index (χ1n) is 19.4. The number of benzene rings is 8. The Labute approximate surface area is 332 Å². The van der Waals surface area contributed by atoms with Crippen molar-refractivity contribution in [2.45, 2.75) is 6.17 Å². The number of aliphatic imine (C=N–C) groups is 2. The SMILES string of the molecule is c1ccc(-n2c3ccccc3c3cc4c5ccccc5n(-c5nccc(C6=NC(c7ccc8ccccc8c7)=NC(c7ccc8ccccc8c7)[N-]6)n5)c4cc32)cc1.